The lowest BCUT2D eigenvalue weighted by atomic mass is 10.4. The standard InChI is InChI=1S/C9H18N4O2S/c1-8-9(7-13(3)11-8)12-16(14,15)6-4-5-10-2/h7,10,12H,4-6H2,1-3H3. The monoisotopic (exact) mass is 246 g/mol. The highest BCUT2D eigenvalue weighted by atomic mass is 32.2. The maximum atomic E-state index is 11.7. The fourth-order valence-corrected chi connectivity index (χ4v) is 2.52. The zero-order chi connectivity index (χ0) is 12.2. The van der Waals surface area contributed by atoms with Crippen LogP contribution >= 0.6 is 0 Å². The van der Waals surface area contributed by atoms with Crippen LogP contribution in [0.1, 0.15) is 12.1 Å². The average molecular weight is 246 g/mol. The maximum absolute atomic E-state index is 11.7. The largest absolute Gasteiger partial charge is 0.320 e. The van der Waals surface area contributed by atoms with Crippen LogP contribution in [0.5, 0.6) is 0 Å². The third-order valence-corrected chi connectivity index (χ3v) is 3.48. The molecule has 0 fully saturated rings. The maximum Gasteiger partial charge on any atom is 0.232 e. The third-order valence-electron chi connectivity index (χ3n) is 2.12. The van der Waals surface area contributed by atoms with Gasteiger partial charge in [0, 0.05) is 13.2 Å². The van der Waals surface area contributed by atoms with Crippen LogP contribution in [-0.2, 0) is 17.1 Å². The molecule has 0 saturated carbocycles. The molecule has 0 aliphatic rings. The van der Waals surface area contributed by atoms with Gasteiger partial charge in [0.1, 0.15) is 0 Å². The predicted molar refractivity (Wildman–Crippen MR) is 63.9 cm³/mol. The molecule has 1 aromatic heterocycles. The fourth-order valence-electron chi connectivity index (χ4n) is 1.36. The number of hydrogen-bond donors (Lipinski definition) is 2. The summed E-state index contributed by atoms with van der Waals surface area (Å²) in [5.41, 5.74) is 1.23. The molecule has 0 saturated heterocycles. The number of nitrogens with zero attached hydrogens (tertiary/aromatic N) is 2. The number of aryl methyl sites for hydroxylation is 2. The second-order valence-corrected chi connectivity index (χ2v) is 5.52. The van der Waals surface area contributed by atoms with Crippen molar-refractivity contribution in [3.63, 3.8) is 0 Å². The molecule has 7 heteroatoms. The van der Waals surface area contributed by atoms with Gasteiger partial charge in [-0.3, -0.25) is 9.40 Å². The minimum Gasteiger partial charge on any atom is -0.320 e. The van der Waals surface area contributed by atoms with Gasteiger partial charge in [-0.1, -0.05) is 0 Å². The molecule has 16 heavy (non-hydrogen) atoms. The van der Waals surface area contributed by atoms with Crippen LogP contribution in [0.15, 0.2) is 6.20 Å². The lowest BCUT2D eigenvalue weighted by Gasteiger charge is -2.06. The summed E-state index contributed by atoms with van der Waals surface area (Å²) in [6, 6.07) is 0. The first-order chi connectivity index (χ1) is 7.44. The van der Waals surface area contributed by atoms with Crippen molar-refractivity contribution in [1.29, 1.82) is 0 Å². The molecule has 0 unspecified atom stereocenters. The molecule has 0 atom stereocenters. The van der Waals surface area contributed by atoms with Crippen LogP contribution in [0.25, 0.3) is 0 Å². The van der Waals surface area contributed by atoms with E-state index >= 15 is 0 Å². The predicted octanol–water partition coefficient (Wildman–Crippen LogP) is 0.0797. The first-order valence-corrected chi connectivity index (χ1v) is 6.75. The van der Waals surface area contributed by atoms with Crippen molar-refractivity contribution in [2.75, 3.05) is 24.1 Å². The Morgan fingerprint density at radius 3 is 2.69 bits per heavy atom. The van der Waals surface area contributed by atoms with Gasteiger partial charge < -0.3 is 5.32 Å². The first kappa shape index (κ1) is 13.0. The van der Waals surface area contributed by atoms with Gasteiger partial charge in [0.2, 0.25) is 10.0 Å². The van der Waals surface area contributed by atoms with Gasteiger partial charge in [-0.15, -0.1) is 0 Å². The molecular weight excluding hydrogens is 228 g/mol. The molecule has 0 amide bonds. The van der Waals surface area contributed by atoms with E-state index in [0.717, 1.165) is 0 Å². The highest BCUT2D eigenvalue weighted by Gasteiger charge is 2.12. The van der Waals surface area contributed by atoms with E-state index in [0.29, 0.717) is 24.3 Å². The van der Waals surface area contributed by atoms with E-state index in [4.69, 9.17) is 0 Å². The quantitative estimate of drug-likeness (QED) is 0.697. The molecule has 0 aliphatic carbocycles. The summed E-state index contributed by atoms with van der Waals surface area (Å²) >= 11 is 0. The van der Waals surface area contributed by atoms with Crippen LogP contribution in [0.4, 0.5) is 5.69 Å². The Hall–Kier alpha value is -1.08. The van der Waals surface area contributed by atoms with E-state index in [2.05, 4.69) is 15.1 Å². The molecule has 0 aliphatic heterocycles. The number of anilines is 1. The van der Waals surface area contributed by atoms with Gasteiger partial charge in [0.05, 0.1) is 17.1 Å². The third kappa shape index (κ3) is 3.82. The number of nitrogens with one attached hydrogen (secondary N) is 2. The highest BCUT2D eigenvalue weighted by Crippen LogP contribution is 2.13. The van der Waals surface area contributed by atoms with Crippen molar-refractivity contribution < 1.29 is 8.42 Å². The Morgan fingerprint density at radius 1 is 1.50 bits per heavy atom. The van der Waals surface area contributed by atoms with Crippen LogP contribution in [-0.4, -0.2) is 37.5 Å². The van der Waals surface area contributed by atoms with Gasteiger partial charge in [0.25, 0.3) is 0 Å². The number of hydrogen-bond acceptors (Lipinski definition) is 4. The van der Waals surface area contributed by atoms with Crippen LogP contribution in [0, 0.1) is 6.92 Å². The van der Waals surface area contributed by atoms with E-state index in [1.54, 1.807) is 31.9 Å². The van der Waals surface area contributed by atoms with Crippen molar-refractivity contribution in [1.82, 2.24) is 15.1 Å². The molecule has 0 aromatic carbocycles. The van der Waals surface area contributed by atoms with Gasteiger partial charge >= 0.3 is 0 Å². The molecule has 0 bridgehead atoms. The molecule has 1 heterocycles. The zero-order valence-corrected chi connectivity index (χ0v) is 10.6. The number of aromatic nitrogens is 2. The van der Waals surface area contributed by atoms with Gasteiger partial charge in [-0.05, 0) is 26.9 Å². The smallest absolute Gasteiger partial charge is 0.232 e. The van der Waals surface area contributed by atoms with Crippen LogP contribution in [0.2, 0.25) is 0 Å². The van der Waals surface area contributed by atoms with E-state index < -0.39 is 10.0 Å². The van der Waals surface area contributed by atoms with E-state index in [1.807, 2.05) is 0 Å². The van der Waals surface area contributed by atoms with Crippen molar-refractivity contribution in [3.8, 4) is 0 Å². The number of sulfonamides is 1. The minimum absolute atomic E-state index is 0.113. The molecular formula is C9H18N4O2S. The minimum atomic E-state index is -3.26. The van der Waals surface area contributed by atoms with Crippen molar-refractivity contribution in [2.45, 2.75) is 13.3 Å². The highest BCUT2D eigenvalue weighted by molar-refractivity contribution is 7.92. The second kappa shape index (κ2) is 5.31. The fraction of sp³-hybridized carbons (Fsp3) is 0.667. The molecule has 92 valence electrons. The topological polar surface area (TPSA) is 76.0 Å². The Kier molecular flexibility index (Phi) is 4.31. The Balaban J connectivity index is 2.62. The van der Waals surface area contributed by atoms with Gasteiger partial charge in [-0.2, -0.15) is 5.10 Å². The summed E-state index contributed by atoms with van der Waals surface area (Å²) in [4.78, 5) is 0. The summed E-state index contributed by atoms with van der Waals surface area (Å²) in [6.07, 6.45) is 2.25. The van der Waals surface area contributed by atoms with Crippen LogP contribution in [0.3, 0.4) is 0 Å². The summed E-state index contributed by atoms with van der Waals surface area (Å²) in [5, 5.41) is 6.98. The SMILES string of the molecule is CNCCCS(=O)(=O)Nc1cn(C)nc1C. The zero-order valence-electron chi connectivity index (χ0n) is 9.82. The summed E-state index contributed by atoms with van der Waals surface area (Å²) < 4.78 is 27.4. The van der Waals surface area contributed by atoms with Crippen LogP contribution < -0.4 is 10.0 Å². The normalized spacial score (nSPS) is 11.7. The lowest BCUT2D eigenvalue weighted by Crippen LogP contribution is -2.20. The van der Waals surface area contributed by atoms with E-state index in [9.17, 15) is 8.42 Å². The molecule has 1 aromatic rings. The number of rotatable bonds is 6. The van der Waals surface area contributed by atoms with E-state index in [-0.39, 0.29) is 5.75 Å². The molecule has 0 radical (unpaired) electrons. The summed E-state index contributed by atoms with van der Waals surface area (Å²) in [6.45, 7) is 2.46. The first-order valence-electron chi connectivity index (χ1n) is 5.10. The summed E-state index contributed by atoms with van der Waals surface area (Å²) in [5.74, 6) is 0.113. The van der Waals surface area contributed by atoms with Gasteiger partial charge in [-0.25, -0.2) is 8.42 Å². The Bertz CT molecular complexity index is 438. The molecule has 6 nitrogen and oxygen atoms in total. The van der Waals surface area contributed by atoms with Gasteiger partial charge in [0.15, 0.2) is 0 Å². The Labute approximate surface area is 96.1 Å². The van der Waals surface area contributed by atoms with E-state index in [1.165, 1.54) is 0 Å². The molecule has 2 N–H and O–H groups in total. The summed E-state index contributed by atoms with van der Waals surface area (Å²) in [7, 11) is 0.293. The molecule has 1 rings (SSSR count). The lowest BCUT2D eigenvalue weighted by molar-refractivity contribution is 0.597. The van der Waals surface area contributed by atoms with Crippen molar-refractivity contribution in [2.24, 2.45) is 7.05 Å². The van der Waals surface area contributed by atoms with Crippen molar-refractivity contribution in [3.05, 3.63) is 11.9 Å². The van der Waals surface area contributed by atoms with Crippen molar-refractivity contribution >= 4 is 15.7 Å². The molecule has 0 spiro atoms. The average Bonchev–Trinajstić information content (AvgIpc) is 2.44. The second-order valence-electron chi connectivity index (χ2n) is 3.68. The Morgan fingerprint density at radius 2 is 2.19 bits per heavy atom.